The molecule has 1 saturated heterocycles. The van der Waals surface area contributed by atoms with Gasteiger partial charge in [-0.3, -0.25) is 10.1 Å². The van der Waals surface area contributed by atoms with E-state index in [2.05, 4.69) is 83.9 Å². The summed E-state index contributed by atoms with van der Waals surface area (Å²) >= 11 is 0. The number of nitrogens with zero attached hydrogens (tertiary/aromatic N) is 1. The summed E-state index contributed by atoms with van der Waals surface area (Å²) in [5.41, 5.74) is -0.234. The Hall–Kier alpha value is -1.00. The molecule has 12 nitrogen and oxygen atoms in total. The van der Waals surface area contributed by atoms with Gasteiger partial charge in [-0.25, -0.2) is 13.6 Å². The van der Waals surface area contributed by atoms with Gasteiger partial charge in [0, 0.05) is 18.5 Å². The van der Waals surface area contributed by atoms with Crippen LogP contribution in [0.5, 0.6) is 0 Å². The van der Waals surface area contributed by atoms with Gasteiger partial charge in [0.05, 0.1) is 22.5 Å². The molecule has 0 radical (unpaired) electrons. The number of anilines is 1. The molecular weight excluding hydrogens is 631 g/mol. The Labute approximate surface area is 255 Å². The van der Waals surface area contributed by atoms with Crippen molar-refractivity contribution < 1.29 is 35.8 Å². The normalized spacial score (nSPS) is 24.5. The second-order valence-corrected chi connectivity index (χ2v) is 34.1. The smallest absolute Gasteiger partial charge is 0.293 e. The van der Waals surface area contributed by atoms with Crippen LogP contribution in [0.2, 0.25) is 78.6 Å². The minimum absolute atomic E-state index is 0.162. The van der Waals surface area contributed by atoms with Crippen LogP contribution in [0.3, 0.4) is 0 Å². The molecule has 1 heterocycles. The first-order valence-electron chi connectivity index (χ1n) is 14.1. The van der Waals surface area contributed by atoms with Crippen LogP contribution in [0.25, 0.3) is 0 Å². The summed E-state index contributed by atoms with van der Waals surface area (Å²) < 4.78 is 56.9. The van der Waals surface area contributed by atoms with E-state index in [0.717, 1.165) is 6.07 Å². The van der Waals surface area contributed by atoms with Gasteiger partial charge in [-0.15, -0.1) is 0 Å². The Morgan fingerprint density at radius 1 is 0.881 bits per heavy atom. The molecule has 0 saturated carbocycles. The monoisotopic (exact) mass is 681 g/mol. The van der Waals surface area contributed by atoms with Crippen LogP contribution in [0.15, 0.2) is 23.1 Å². The standard InChI is InChI=1S/C25H51N3O9SSi4/c1-39(2,3)33-17-22-23(35-40(4,5)6)19(24(36-41(7,8)9)25(34-22)37-42(10,11)12)16-27-20-14-13-18(38(26,31)32)15-21(20)28(29)30/h13-15,19,22-25,27H,16-17H2,1-12H3,(H2,26,31,32)/t19-,22-,23+,24+,25-/m1/s1. The zero-order valence-corrected chi connectivity index (χ0v) is 32.0. The van der Waals surface area contributed by atoms with Gasteiger partial charge < -0.3 is 27.8 Å². The van der Waals surface area contributed by atoms with Crippen molar-refractivity contribution in [3.8, 4) is 0 Å². The fourth-order valence-corrected chi connectivity index (χ4v) is 8.80. The molecule has 1 aromatic rings. The summed E-state index contributed by atoms with van der Waals surface area (Å²) in [7, 11) is -12.5. The van der Waals surface area contributed by atoms with E-state index in [9.17, 15) is 18.5 Å². The highest BCUT2D eigenvalue weighted by Crippen LogP contribution is 2.37. The fraction of sp³-hybridized carbons (Fsp3) is 0.760. The zero-order valence-electron chi connectivity index (χ0n) is 27.1. The number of primary sulfonamides is 1. The SMILES string of the molecule is C[Si](C)(C)OC[C@H]1O[C@H](O[Si](C)(C)C)[C@@H](O[Si](C)(C)C)[C@H](CNc2ccc(S(N)(=O)=O)cc2[N+](=O)[O-])[C@@H]1O[Si](C)(C)C. The molecule has 5 atom stereocenters. The summed E-state index contributed by atoms with van der Waals surface area (Å²) in [6, 6.07) is 3.58. The average Bonchev–Trinajstić information content (AvgIpc) is 2.75. The Kier molecular flexibility index (Phi) is 12.0. The van der Waals surface area contributed by atoms with Crippen molar-refractivity contribution in [2.75, 3.05) is 18.5 Å². The molecule has 17 heteroatoms. The summed E-state index contributed by atoms with van der Waals surface area (Å²) in [5.74, 6) is -0.341. The van der Waals surface area contributed by atoms with Gasteiger partial charge in [-0.05, 0) is 90.7 Å². The number of ether oxygens (including phenoxy) is 1. The van der Waals surface area contributed by atoms with Crippen LogP contribution in [-0.2, 0) is 32.5 Å². The summed E-state index contributed by atoms with van der Waals surface area (Å²) in [4.78, 5) is 11.0. The molecule has 0 unspecified atom stereocenters. The molecule has 42 heavy (non-hydrogen) atoms. The predicted octanol–water partition coefficient (Wildman–Crippen LogP) is 5.14. The molecule has 1 aromatic carbocycles. The molecule has 1 fully saturated rings. The highest BCUT2D eigenvalue weighted by molar-refractivity contribution is 7.89. The molecular formula is C25H51N3O9SSi4. The highest BCUT2D eigenvalue weighted by atomic mass is 32.2. The van der Waals surface area contributed by atoms with Crippen LogP contribution in [-0.4, -0.2) is 84.4 Å². The van der Waals surface area contributed by atoms with Crippen LogP contribution in [0.1, 0.15) is 0 Å². The molecule has 3 N–H and O–H groups in total. The number of benzene rings is 1. The van der Waals surface area contributed by atoms with E-state index in [-0.39, 0.29) is 23.0 Å². The fourth-order valence-electron chi connectivity index (χ4n) is 4.47. The van der Waals surface area contributed by atoms with E-state index in [1.54, 1.807) is 0 Å². The third kappa shape index (κ3) is 12.2. The van der Waals surface area contributed by atoms with Crippen molar-refractivity contribution in [1.82, 2.24) is 0 Å². The lowest BCUT2D eigenvalue weighted by Gasteiger charge is -2.51. The Morgan fingerprint density at radius 3 is 1.86 bits per heavy atom. The maximum Gasteiger partial charge on any atom is 0.293 e. The van der Waals surface area contributed by atoms with E-state index in [1.807, 2.05) is 0 Å². The van der Waals surface area contributed by atoms with Gasteiger partial charge in [0.25, 0.3) is 5.69 Å². The van der Waals surface area contributed by atoms with E-state index in [4.69, 9.17) is 27.6 Å². The number of nitrogens with one attached hydrogen (secondary N) is 1. The second-order valence-electron chi connectivity index (χ2n) is 14.6. The van der Waals surface area contributed by atoms with E-state index in [1.165, 1.54) is 12.1 Å². The summed E-state index contributed by atoms with van der Waals surface area (Å²) in [6.07, 6.45) is -2.13. The quantitative estimate of drug-likeness (QED) is 0.153. The molecule has 242 valence electrons. The van der Waals surface area contributed by atoms with Crippen LogP contribution < -0.4 is 10.5 Å². The third-order valence-corrected chi connectivity index (χ3v) is 10.8. The Morgan fingerprint density at radius 2 is 1.40 bits per heavy atom. The highest BCUT2D eigenvalue weighted by Gasteiger charge is 2.51. The van der Waals surface area contributed by atoms with Gasteiger partial charge in [0.15, 0.2) is 39.6 Å². The molecule has 2 rings (SSSR count). The number of nitro benzene ring substituents is 1. The topological polar surface area (TPSA) is 161 Å². The van der Waals surface area contributed by atoms with Crippen molar-refractivity contribution in [2.24, 2.45) is 11.1 Å². The maximum atomic E-state index is 11.9. The molecule has 1 aliphatic rings. The van der Waals surface area contributed by atoms with E-state index in [0.29, 0.717) is 6.61 Å². The Bertz CT molecular complexity index is 1200. The molecule has 0 spiro atoms. The van der Waals surface area contributed by atoms with Gasteiger partial charge in [-0.1, -0.05) is 0 Å². The second kappa shape index (κ2) is 13.6. The zero-order chi connectivity index (χ0) is 32.5. The lowest BCUT2D eigenvalue weighted by molar-refractivity contribution is -0.384. The lowest BCUT2D eigenvalue weighted by Crippen LogP contribution is -2.64. The molecule has 0 amide bonds. The first-order chi connectivity index (χ1) is 18.8. The van der Waals surface area contributed by atoms with E-state index < -0.39 is 78.5 Å². The number of sulfonamides is 1. The largest absolute Gasteiger partial charge is 0.415 e. The maximum absolute atomic E-state index is 11.9. The number of hydrogen-bond acceptors (Lipinski definition) is 10. The van der Waals surface area contributed by atoms with Gasteiger partial charge in [-0.2, -0.15) is 0 Å². The van der Waals surface area contributed by atoms with Crippen molar-refractivity contribution >= 4 is 54.7 Å². The number of nitrogens with two attached hydrogens (primary N) is 1. The minimum atomic E-state index is -4.12. The molecule has 0 aliphatic carbocycles. The summed E-state index contributed by atoms with van der Waals surface area (Å²) in [5, 5.41) is 20.4. The van der Waals surface area contributed by atoms with E-state index >= 15 is 0 Å². The molecule has 1 aliphatic heterocycles. The predicted molar refractivity (Wildman–Crippen MR) is 175 cm³/mol. The lowest BCUT2D eigenvalue weighted by atomic mass is 9.89. The third-order valence-electron chi connectivity index (χ3n) is 5.94. The van der Waals surface area contributed by atoms with Crippen LogP contribution >= 0.6 is 0 Å². The van der Waals surface area contributed by atoms with Crippen molar-refractivity contribution in [1.29, 1.82) is 0 Å². The van der Waals surface area contributed by atoms with Crippen molar-refractivity contribution in [3.05, 3.63) is 28.3 Å². The summed E-state index contributed by atoms with van der Waals surface area (Å²) in [6.45, 7) is 25.7. The van der Waals surface area contributed by atoms with Crippen molar-refractivity contribution in [3.63, 3.8) is 0 Å². The first-order valence-corrected chi connectivity index (χ1v) is 29.3. The number of nitro groups is 1. The minimum Gasteiger partial charge on any atom is -0.415 e. The number of hydrogen-bond donors (Lipinski definition) is 2. The van der Waals surface area contributed by atoms with Crippen molar-refractivity contribution in [2.45, 2.75) is 108 Å². The van der Waals surface area contributed by atoms with Gasteiger partial charge >= 0.3 is 0 Å². The molecule has 0 aromatic heterocycles. The number of rotatable bonds is 14. The Balaban J connectivity index is 2.64. The van der Waals surface area contributed by atoms with Crippen LogP contribution in [0, 0.1) is 16.0 Å². The molecule has 0 bridgehead atoms. The van der Waals surface area contributed by atoms with Gasteiger partial charge in [0.2, 0.25) is 10.0 Å². The van der Waals surface area contributed by atoms with Gasteiger partial charge in [0.1, 0.15) is 17.9 Å². The first kappa shape index (κ1) is 37.2. The average molecular weight is 682 g/mol. The van der Waals surface area contributed by atoms with Crippen LogP contribution in [0.4, 0.5) is 11.4 Å².